The van der Waals surface area contributed by atoms with Gasteiger partial charge in [-0.2, -0.15) is 0 Å². The number of aryl methyl sites for hydroxylation is 1. The van der Waals surface area contributed by atoms with Gasteiger partial charge in [-0.3, -0.25) is 9.10 Å². The molecule has 0 radical (unpaired) electrons. The van der Waals surface area contributed by atoms with E-state index >= 15 is 0 Å². The molecule has 4 rings (SSSR count). The van der Waals surface area contributed by atoms with Crippen LogP contribution >= 0.6 is 0 Å². The maximum atomic E-state index is 13.7. The third-order valence-corrected chi connectivity index (χ3v) is 8.12. The molecule has 1 aliphatic heterocycles. The first-order chi connectivity index (χ1) is 18.3. The van der Waals surface area contributed by atoms with E-state index in [-0.39, 0.29) is 23.7 Å². The van der Waals surface area contributed by atoms with E-state index in [0.29, 0.717) is 24.7 Å². The molecule has 1 amide bonds. The summed E-state index contributed by atoms with van der Waals surface area (Å²) in [5.74, 6) is 0.264. The predicted octanol–water partition coefficient (Wildman–Crippen LogP) is 3.36. The molecule has 1 N–H and O–H groups in total. The normalized spacial score (nSPS) is 13.6. The van der Waals surface area contributed by atoms with Gasteiger partial charge in [0.15, 0.2) is 11.5 Å². The molecule has 3 aromatic rings. The van der Waals surface area contributed by atoms with Crippen molar-refractivity contribution in [2.75, 3.05) is 56.3 Å². The average molecular weight is 540 g/mol. The first-order valence-electron chi connectivity index (χ1n) is 12.3. The molecule has 9 nitrogen and oxygen atoms in total. The van der Waals surface area contributed by atoms with E-state index in [0.717, 1.165) is 34.2 Å². The largest absolute Gasteiger partial charge is 0.493 e. The van der Waals surface area contributed by atoms with Gasteiger partial charge >= 0.3 is 0 Å². The number of hydrogen-bond donors (Lipinski definition) is 1. The zero-order chi connectivity index (χ0) is 27.1. The molecule has 1 saturated heterocycles. The standard InChI is InChI=1S/C28H33N3O6S/c1-21-4-8-24(9-5-21)31(38(33,34)25-12-13-26(35-2)27(18-25)36-3)20-28(32)29-19-22-6-10-23(11-7-22)30-14-16-37-17-15-30/h4-13,18H,14-17,19-20H2,1-3H3,(H,29,32). The molecular formula is C28H33N3O6S. The number of ether oxygens (including phenoxy) is 3. The van der Waals surface area contributed by atoms with Crippen LogP contribution in [0, 0.1) is 6.92 Å². The summed E-state index contributed by atoms with van der Waals surface area (Å²) < 4.78 is 44.5. The lowest BCUT2D eigenvalue weighted by molar-refractivity contribution is -0.119. The Morgan fingerprint density at radius 2 is 1.61 bits per heavy atom. The van der Waals surface area contributed by atoms with Crippen molar-refractivity contribution in [1.29, 1.82) is 0 Å². The number of nitrogens with zero attached hydrogens (tertiary/aromatic N) is 2. The van der Waals surface area contributed by atoms with Gasteiger partial charge in [-0.05, 0) is 48.9 Å². The maximum absolute atomic E-state index is 13.7. The van der Waals surface area contributed by atoms with Crippen molar-refractivity contribution in [1.82, 2.24) is 5.32 Å². The maximum Gasteiger partial charge on any atom is 0.264 e. The molecule has 1 fully saturated rings. The molecule has 0 aromatic heterocycles. The minimum absolute atomic E-state index is 0.0118. The molecule has 1 aliphatic rings. The van der Waals surface area contributed by atoms with E-state index in [4.69, 9.17) is 14.2 Å². The van der Waals surface area contributed by atoms with E-state index in [1.165, 1.54) is 32.4 Å². The second kappa shape index (κ2) is 12.2. The van der Waals surface area contributed by atoms with Crippen molar-refractivity contribution >= 4 is 27.3 Å². The Morgan fingerprint density at radius 3 is 2.24 bits per heavy atom. The number of carbonyl (C=O) groups excluding carboxylic acids is 1. The van der Waals surface area contributed by atoms with Crippen LogP contribution < -0.4 is 24.0 Å². The zero-order valence-corrected chi connectivity index (χ0v) is 22.7. The van der Waals surface area contributed by atoms with E-state index in [9.17, 15) is 13.2 Å². The van der Waals surface area contributed by atoms with Crippen molar-refractivity contribution < 1.29 is 27.4 Å². The van der Waals surface area contributed by atoms with Gasteiger partial charge in [0, 0.05) is 31.4 Å². The summed E-state index contributed by atoms with van der Waals surface area (Å²) in [7, 11) is -1.18. The topological polar surface area (TPSA) is 97.4 Å². The predicted molar refractivity (Wildman–Crippen MR) is 147 cm³/mol. The van der Waals surface area contributed by atoms with Gasteiger partial charge in [-0.25, -0.2) is 8.42 Å². The fourth-order valence-corrected chi connectivity index (χ4v) is 5.60. The number of nitrogens with one attached hydrogen (secondary N) is 1. The summed E-state index contributed by atoms with van der Waals surface area (Å²) >= 11 is 0. The number of benzene rings is 3. The number of methoxy groups -OCH3 is 2. The molecule has 0 bridgehead atoms. The van der Waals surface area contributed by atoms with Crippen LogP contribution in [0.1, 0.15) is 11.1 Å². The lowest BCUT2D eigenvalue weighted by Crippen LogP contribution is -2.40. The van der Waals surface area contributed by atoms with Crippen molar-refractivity contribution in [3.05, 3.63) is 77.9 Å². The van der Waals surface area contributed by atoms with Crippen LogP contribution in [0.2, 0.25) is 0 Å². The molecule has 0 unspecified atom stereocenters. The summed E-state index contributed by atoms with van der Waals surface area (Å²) in [6.07, 6.45) is 0. The van der Waals surface area contributed by atoms with Crippen molar-refractivity contribution in [3.63, 3.8) is 0 Å². The first-order valence-corrected chi connectivity index (χ1v) is 13.8. The van der Waals surface area contributed by atoms with Crippen molar-refractivity contribution in [2.45, 2.75) is 18.4 Å². The van der Waals surface area contributed by atoms with Crippen LogP contribution in [0.25, 0.3) is 0 Å². The molecule has 3 aromatic carbocycles. The van der Waals surface area contributed by atoms with Crippen molar-refractivity contribution in [3.8, 4) is 11.5 Å². The zero-order valence-electron chi connectivity index (χ0n) is 21.8. The Hall–Kier alpha value is -3.76. The van der Waals surface area contributed by atoms with Crippen LogP contribution in [-0.4, -0.2) is 61.4 Å². The van der Waals surface area contributed by atoms with Crippen LogP contribution in [0.4, 0.5) is 11.4 Å². The van der Waals surface area contributed by atoms with E-state index in [1.807, 2.05) is 31.2 Å². The molecule has 38 heavy (non-hydrogen) atoms. The van der Waals surface area contributed by atoms with Gasteiger partial charge < -0.3 is 24.4 Å². The monoisotopic (exact) mass is 539 g/mol. The van der Waals surface area contributed by atoms with Gasteiger partial charge in [0.05, 0.1) is 38.0 Å². The molecule has 0 aliphatic carbocycles. The van der Waals surface area contributed by atoms with Crippen molar-refractivity contribution in [2.24, 2.45) is 0 Å². The number of hydrogen-bond acceptors (Lipinski definition) is 7. The second-order valence-corrected chi connectivity index (χ2v) is 10.8. The average Bonchev–Trinajstić information content (AvgIpc) is 2.95. The fourth-order valence-electron chi connectivity index (χ4n) is 4.16. The summed E-state index contributed by atoms with van der Waals surface area (Å²) in [5, 5.41) is 2.85. The Balaban J connectivity index is 1.50. The molecule has 202 valence electrons. The highest BCUT2D eigenvalue weighted by Crippen LogP contribution is 2.32. The number of amides is 1. The van der Waals surface area contributed by atoms with Gasteiger partial charge in [0.25, 0.3) is 10.0 Å². The highest BCUT2D eigenvalue weighted by atomic mass is 32.2. The smallest absolute Gasteiger partial charge is 0.264 e. The number of sulfonamides is 1. The third-order valence-electron chi connectivity index (χ3n) is 6.35. The van der Waals surface area contributed by atoms with Gasteiger partial charge in [-0.15, -0.1) is 0 Å². The van der Waals surface area contributed by atoms with E-state index in [2.05, 4.69) is 10.2 Å². The molecule has 0 spiro atoms. The summed E-state index contributed by atoms with van der Waals surface area (Å²) in [5.41, 5.74) is 3.38. The lowest BCUT2D eigenvalue weighted by atomic mass is 10.2. The fraction of sp³-hybridized carbons (Fsp3) is 0.321. The second-order valence-electron chi connectivity index (χ2n) is 8.91. The quantitative estimate of drug-likeness (QED) is 0.422. The summed E-state index contributed by atoms with van der Waals surface area (Å²) in [6, 6.07) is 19.3. The first kappa shape index (κ1) is 27.3. The number of carbonyl (C=O) groups is 1. The minimum Gasteiger partial charge on any atom is -0.493 e. The molecule has 1 heterocycles. The van der Waals surface area contributed by atoms with E-state index < -0.39 is 15.9 Å². The Kier molecular flexibility index (Phi) is 8.75. The SMILES string of the molecule is COc1ccc(S(=O)(=O)N(CC(=O)NCc2ccc(N3CCOCC3)cc2)c2ccc(C)cc2)cc1OC. The molecule has 0 atom stereocenters. The Labute approximate surface area is 224 Å². The van der Waals surface area contributed by atoms with Crippen LogP contribution in [0.3, 0.4) is 0 Å². The van der Waals surface area contributed by atoms with Crippen LogP contribution in [0.15, 0.2) is 71.6 Å². The minimum atomic E-state index is -4.10. The highest BCUT2D eigenvalue weighted by Gasteiger charge is 2.28. The number of anilines is 2. The Bertz CT molecular complexity index is 1340. The van der Waals surface area contributed by atoms with Crippen LogP contribution in [-0.2, 0) is 26.1 Å². The van der Waals surface area contributed by atoms with Gasteiger partial charge in [0.2, 0.25) is 5.91 Å². The molecule has 10 heteroatoms. The summed E-state index contributed by atoms with van der Waals surface area (Å²) in [4.78, 5) is 15.2. The lowest BCUT2D eigenvalue weighted by Gasteiger charge is -2.29. The molecular weight excluding hydrogens is 506 g/mol. The number of rotatable bonds is 10. The summed E-state index contributed by atoms with van der Waals surface area (Å²) in [6.45, 7) is 4.92. The number of morpholine rings is 1. The highest BCUT2D eigenvalue weighted by molar-refractivity contribution is 7.92. The Morgan fingerprint density at radius 1 is 0.947 bits per heavy atom. The van der Waals surface area contributed by atoms with Gasteiger partial charge in [-0.1, -0.05) is 29.8 Å². The van der Waals surface area contributed by atoms with Crippen LogP contribution in [0.5, 0.6) is 11.5 Å². The van der Waals surface area contributed by atoms with Gasteiger partial charge in [0.1, 0.15) is 6.54 Å². The van der Waals surface area contributed by atoms with E-state index in [1.54, 1.807) is 24.3 Å². The molecule has 0 saturated carbocycles. The third kappa shape index (κ3) is 6.38.